The van der Waals surface area contributed by atoms with Gasteiger partial charge in [0.1, 0.15) is 11.5 Å². The number of hydrogen-bond donors (Lipinski definition) is 1. The van der Waals surface area contributed by atoms with Crippen LogP contribution in [0.1, 0.15) is 74.0 Å². The van der Waals surface area contributed by atoms with E-state index in [0.717, 1.165) is 47.7 Å². The lowest BCUT2D eigenvalue weighted by atomic mass is 10.0. The summed E-state index contributed by atoms with van der Waals surface area (Å²) in [6.07, 6.45) is 1.17. The fourth-order valence-electron chi connectivity index (χ4n) is 4.03. The predicted octanol–water partition coefficient (Wildman–Crippen LogP) is 11.1. The van der Waals surface area contributed by atoms with Crippen molar-refractivity contribution < 1.29 is 17.9 Å². The van der Waals surface area contributed by atoms with Crippen LogP contribution in [0.15, 0.2) is 102 Å². The lowest BCUT2D eigenvalue weighted by Gasteiger charge is -2.12. The third kappa shape index (κ3) is 16.2. The molecule has 0 aromatic heterocycles. The van der Waals surface area contributed by atoms with Crippen molar-refractivity contribution in [2.45, 2.75) is 74.0 Å². The quantitative estimate of drug-likeness (QED) is 0.207. The molecule has 0 aliphatic rings. The van der Waals surface area contributed by atoms with Crippen LogP contribution in [0.25, 0.3) is 5.57 Å². The summed E-state index contributed by atoms with van der Waals surface area (Å²) in [5.74, 6) is 0.913. The third-order valence-electron chi connectivity index (χ3n) is 6.32. The van der Waals surface area contributed by atoms with E-state index in [1.54, 1.807) is 33.2 Å². The molecule has 0 radical (unpaired) electrons. The van der Waals surface area contributed by atoms with E-state index in [9.17, 15) is 13.2 Å². The van der Waals surface area contributed by atoms with Gasteiger partial charge in [0.15, 0.2) is 0 Å². The molecule has 46 heavy (non-hydrogen) atoms. The summed E-state index contributed by atoms with van der Waals surface area (Å²) in [5.41, 5.74) is 14.7. The molecule has 3 aromatic carbocycles. The molecule has 0 spiro atoms. The van der Waals surface area contributed by atoms with Crippen molar-refractivity contribution in [3.05, 3.63) is 125 Å². The maximum Gasteiger partial charge on any atom is 0.432 e. The number of aryl methyl sites for hydroxylation is 4. The van der Waals surface area contributed by atoms with E-state index in [0.29, 0.717) is 5.57 Å². The van der Waals surface area contributed by atoms with Crippen LogP contribution >= 0.6 is 0 Å². The first kappa shape index (κ1) is 41.8. The zero-order valence-electron chi connectivity index (χ0n) is 29.2. The molecule has 0 fully saturated rings. The lowest BCUT2D eigenvalue weighted by molar-refractivity contribution is -0.0578. The number of ether oxygens (including phenoxy) is 1. The number of allylic oxidation sites excluding steroid dienone is 3. The Labute approximate surface area is 275 Å². The van der Waals surface area contributed by atoms with Crippen molar-refractivity contribution >= 4 is 23.2 Å². The molecule has 0 heterocycles. The van der Waals surface area contributed by atoms with Gasteiger partial charge in [0.25, 0.3) is 0 Å². The zero-order valence-corrected chi connectivity index (χ0v) is 29.2. The number of benzene rings is 3. The number of alkyl halides is 3. The average Bonchev–Trinajstić information content (AvgIpc) is 2.99. The SMILES string of the molecule is C=C(C)c1cc(OC)c(CC)cc1N=CC.C=CC(N)c1cccc(C)c1.CN=C(C=C(C)C)C(F)(F)F.Cc1cccc(C)c1. The van der Waals surface area contributed by atoms with Gasteiger partial charge in [-0.25, -0.2) is 0 Å². The second kappa shape index (κ2) is 21.5. The number of nitrogens with two attached hydrogens (primary N) is 1. The van der Waals surface area contributed by atoms with Crippen LogP contribution in [-0.4, -0.2) is 32.3 Å². The Kier molecular flexibility index (Phi) is 19.5. The maximum absolute atomic E-state index is 11.9. The Bertz CT molecular complexity index is 1460. The van der Waals surface area contributed by atoms with Gasteiger partial charge in [0.05, 0.1) is 12.8 Å². The number of halogens is 3. The number of methoxy groups -OCH3 is 1. The first-order chi connectivity index (χ1) is 21.5. The summed E-state index contributed by atoms with van der Waals surface area (Å²) in [6.45, 7) is 23.1. The summed E-state index contributed by atoms with van der Waals surface area (Å²) in [7, 11) is 2.82. The fraction of sp³-hybridized carbons (Fsp3) is 0.333. The molecule has 250 valence electrons. The molecule has 0 bridgehead atoms. The predicted molar refractivity (Wildman–Crippen MR) is 194 cm³/mol. The highest BCUT2D eigenvalue weighted by Crippen LogP contribution is 2.33. The molecule has 0 aliphatic heterocycles. The van der Waals surface area contributed by atoms with E-state index < -0.39 is 11.9 Å². The molecule has 0 saturated carbocycles. The number of aliphatic imine (C=N–C) groups is 2. The van der Waals surface area contributed by atoms with Gasteiger partial charge in [-0.2, -0.15) is 13.2 Å². The van der Waals surface area contributed by atoms with Crippen LogP contribution in [-0.2, 0) is 6.42 Å². The van der Waals surface area contributed by atoms with Gasteiger partial charge in [-0.15, -0.1) is 6.58 Å². The minimum atomic E-state index is -4.33. The van der Waals surface area contributed by atoms with E-state index in [1.165, 1.54) is 22.3 Å². The molecular weight excluding hydrogens is 583 g/mol. The first-order valence-electron chi connectivity index (χ1n) is 15.1. The summed E-state index contributed by atoms with van der Waals surface area (Å²) in [5, 5.41) is 0. The van der Waals surface area contributed by atoms with Gasteiger partial charge < -0.3 is 10.5 Å². The van der Waals surface area contributed by atoms with Crippen molar-refractivity contribution in [2.24, 2.45) is 15.7 Å². The van der Waals surface area contributed by atoms with E-state index in [2.05, 4.69) is 93.3 Å². The Morgan fingerprint density at radius 2 is 1.50 bits per heavy atom. The van der Waals surface area contributed by atoms with Gasteiger partial charge in [-0.1, -0.05) is 90.4 Å². The van der Waals surface area contributed by atoms with Crippen molar-refractivity contribution in [3.63, 3.8) is 0 Å². The highest BCUT2D eigenvalue weighted by atomic mass is 19.4. The Hall–Kier alpha value is -4.23. The average molecular weight is 636 g/mol. The second-order valence-corrected chi connectivity index (χ2v) is 10.9. The van der Waals surface area contributed by atoms with Crippen LogP contribution in [0.5, 0.6) is 5.75 Å². The lowest BCUT2D eigenvalue weighted by Crippen LogP contribution is -2.20. The van der Waals surface area contributed by atoms with E-state index in [-0.39, 0.29) is 6.04 Å². The summed E-state index contributed by atoms with van der Waals surface area (Å²) >= 11 is 0. The molecule has 1 atom stereocenters. The molecule has 3 rings (SSSR count). The minimum absolute atomic E-state index is 0.0325. The van der Waals surface area contributed by atoms with Crippen molar-refractivity contribution in [3.8, 4) is 5.75 Å². The van der Waals surface area contributed by atoms with E-state index >= 15 is 0 Å². The fourth-order valence-corrected chi connectivity index (χ4v) is 4.03. The standard InChI is InChI=1S/C14H19NO.C10H13N.C8H10.C7H10F3N/c1-6-11-8-13(15-7-2)12(10(3)4)9-14(11)16-5;1-3-10(11)9-6-4-5-8(2)7-9;1-7-4-3-5-8(2)6-7;1-5(2)4-6(11-3)7(8,9)10/h7-9H,3,6H2,1-2,4-5H3;3-7,10H,1,11H2,2H3;3-6H,1-2H3;4H,1-3H3. The van der Waals surface area contributed by atoms with E-state index in [4.69, 9.17) is 10.5 Å². The Morgan fingerprint density at radius 1 is 0.957 bits per heavy atom. The number of nitrogens with zero attached hydrogens (tertiary/aromatic N) is 2. The highest BCUT2D eigenvalue weighted by Gasteiger charge is 2.33. The molecule has 1 unspecified atom stereocenters. The molecular formula is C39H52F3N3O. The van der Waals surface area contributed by atoms with Crippen LogP contribution < -0.4 is 10.5 Å². The van der Waals surface area contributed by atoms with Gasteiger partial charge in [0.2, 0.25) is 0 Å². The monoisotopic (exact) mass is 635 g/mol. The van der Waals surface area contributed by atoms with Gasteiger partial charge in [-0.05, 0) is 89.8 Å². The van der Waals surface area contributed by atoms with Crippen molar-refractivity contribution in [1.29, 1.82) is 0 Å². The van der Waals surface area contributed by atoms with Crippen LogP contribution in [0.2, 0.25) is 0 Å². The summed E-state index contributed by atoms with van der Waals surface area (Å²) in [4.78, 5) is 7.49. The molecule has 3 aromatic rings. The molecule has 0 saturated heterocycles. The van der Waals surface area contributed by atoms with E-state index in [1.807, 2.05) is 32.0 Å². The molecule has 4 nitrogen and oxygen atoms in total. The molecule has 0 aliphatic carbocycles. The van der Waals surface area contributed by atoms with Gasteiger partial charge >= 0.3 is 6.18 Å². The Morgan fingerprint density at radius 3 is 1.83 bits per heavy atom. The van der Waals surface area contributed by atoms with Crippen molar-refractivity contribution in [1.82, 2.24) is 0 Å². The normalized spacial score (nSPS) is 11.5. The number of hydrogen-bond acceptors (Lipinski definition) is 4. The first-order valence-corrected chi connectivity index (χ1v) is 15.1. The third-order valence-corrected chi connectivity index (χ3v) is 6.32. The molecule has 2 N–H and O–H groups in total. The highest BCUT2D eigenvalue weighted by molar-refractivity contribution is 5.99. The van der Waals surface area contributed by atoms with Crippen LogP contribution in [0, 0.1) is 20.8 Å². The van der Waals surface area contributed by atoms with Gasteiger partial charge in [-0.3, -0.25) is 9.98 Å². The second-order valence-electron chi connectivity index (χ2n) is 10.9. The Balaban J connectivity index is 0.000000605. The summed E-state index contributed by atoms with van der Waals surface area (Å²) < 4.78 is 41.1. The van der Waals surface area contributed by atoms with Crippen LogP contribution in [0.4, 0.5) is 18.9 Å². The number of rotatable bonds is 7. The zero-order chi connectivity index (χ0) is 35.4. The smallest absolute Gasteiger partial charge is 0.432 e. The molecule has 7 heteroatoms. The van der Waals surface area contributed by atoms with Crippen LogP contribution in [0.3, 0.4) is 0 Å². The minimum Gasteiger partial charge on any atom is -0.496 e. The largest absolute Gasteiger partial charge is 0.496 e. The van der Waals surface area contributed by atoms with Crippen molar-refractivity contribution in [2.75, 3.05) is 14.2 Å². The maximum atomic E-state index is 11.9. The summed E-state index contributed by atoms with van der Waals surface area (Å²) in [6, 6.07) is 20.7. The van der Waals surface area contributed by atoms with Gasteiger partial charge in [0, 0.05) is 24.9 Å². The topological polar surface area (TPSA) is 60.0 Å². The molecule has 0 amide bonds.